The van der Waals surface area contributed by atoms with Gasteiger partial charge in [0.15, 0.2) is 5.69 Å². The molecule has 0 spiro atoms. The van der Waals surface area contributed by atoms with Gasteiger partial charge in [-0.15, -0.1) is 11.3 Å². The minimum absolute atomic E-state index is 0.0550. The van der Waals surface area contributed by atoms with Gasteiger partial charge in [0.2, 0.25) is 5.13 Å². The summed E-state index contributed by atoms with van der Waals surface area (Å²) in [7, 11) is 3.66. The molecule has 6 nitrogen and oxygen atoms in total. The maximum atomic E-state index is 13.8. The molecule has 0 fully saturated rings. The van der Waals surface area contributed by atoms with Crippen molar-refractivity contribution in [3.05, 3.63) is 52.7 Å². The Morgan fingerprint density at radius 3 is 2.52 bits per heavy atom. The molecule has 3 aromatic rings. The molecule has 0 bridgehead atoms. The molecular weight excluding hydrogens is 472 g/mol. The largest absolute Gasteiger partial charge is 0.434 e. The number of thiazole rings is 1. The summed E-state index contributed by atoms with van der Waals surface area (Å²) in [6, 6.07) is 4.30. The van der Waals surface area contributed by atoms with E-state index in [1.807, 2.05) is 19.0 Å². The molecule has 33 heavy (non-hydrogen) atoms. The molecule has 3 rings (SSSR count). The summed E-state index contributed by atoms with van der Waals surface area (Å²) < 4.78 is 80.8. The lowest BCUT2D eigenvalue weighted by molar-refractivity contribution is -0.143. The van der Waals surface area contributed by atoms with E-state index >= 15 is 0 Å². The fourth-order valence-corrected chi connectivity index (χ4v) is 3.77. The average molecular weight is 491 g/mol. The summed E-state index contributed by atoms with van der Waals surface area (Å²) in [6.07, 6.45) is -8.15. The first kappa shape index (κ1) is 24.7. The van der Waals surface area contributed by atoms with Crippen LogP contribution in [0.5, 0.6) is 0 Å². The monoisotopic (exact) mass is 491 g/mol. The van der Waals surface area contributed by atoms with Crippen molar-refractivity contribution < 1.29 is 31.1 Å². The maximum Gasteiger partial charge on any atom is 0.434 e. The van der Waals surface area contributed by atoms with Crippen molar-refractivity contribution in [2.24, 2.45) is 0 Å². The summed E-state index contributed by atoms with van der Waals surface area (Å²) in [4.78, 5) is 18.3. The second-order valence-corrected chi connectivity index (χ2v) is 8.16. The number of nitrogens with one attached hydrogen (secondary N) is 1. The van der Waals surface area contributed by atoms with Gasteiger partial charge in [-0.2, -0.15) is 31.4 Å². The number of rotatable bonds is 7. The number of hydrogen-bond acceptors (Lipinski definition) is 5. The van der Waals surface area contributed by atoms with Crippen molar-refractivity contribution in [3.63, 3.8) is 0 Å². The SMILES string of the molecule is CN(C)CCCNC(=O)c1cnn(-c2nc(-c3cccc(C(F)(F)F)c3)cs2)c1C(F)(F)F. The fourth-order valence-electron chi connectivity index (χ4n) is 2.97. The lowest BCUT2D eigenvalue weighted by Gasteiger charge is -2.12. The van der Waals surface area contributed by atoms with Gasteiger partial charge >= 0.3 is 12.4 Å². The highest BCUT2D eigenvalue weighted by atomic mass is 32.1. The van der Waals surface area contributed by atoms with Gasteiger partial charge < -0.3 is 10.2 Å². The molecule has 0 saturated heterocycles. The number of carbonyl (C=O) groups is 1. The van der Waals surface area contributed by atoms with Gasteiger partial charge in [-0.3, -0.25) is 4.79 Å². The van der Waals surface area contributed by atoms with Crippen LogP contribution in [-0.4, -0.2) is 52.8 Å². The third-order valence-corrected chi connectivity index (χ3v) is 5.33. The van der Waals surface area contributed by atoms with Crippen LogP contribution < -0.4 is 5.32 Å². The van der Waals surface area contributed by atoms with Gasteiger partial charge in [0.25, 0.3) is 5.91 Å². The third kappa shape index (κ3) is 5.90. The number of hydrogen-bond donors (Lipinski definition) is 1. The molecule has 2 aromatic heterocycles. The zero-order valence-electron chi connectivity index (χ0n) is 17.5. The molecular formula is C20H19F6N5OS. The van der Waals surface area contributed by atoms with E-state index in [2.05, 4.69) is 15.4 Å². The first-order valence-electron chi connectivity index (χ1n) is 9.59. The van der Waals surface area contributed by atoms with Crippen LogP contribution in [0.2, 0.25) is 0 Å². The third-order valence-electron chi connectivity index (χ3n) is 4.51. The summed E-state index contributed by atoms with van der Waals surface area (Å²) >= 11 is 0.762. The van der Waals surface area contributed by atoms with Crippen LogP contribution in [0.25, 0.3) is 16.4 Å². The first-order valence-corrected chi connectivity index (χ1v) is 10.5. The van der Waals surface area contributed by atoms with Crippen LogP contribution >= 0.6 is 11.3 Å². The molecule has 0 radical (unpaired) electrons. The molecule has 13 heteroatoms. The zero-order chi connectivity index (χ0) is 24.4. The number of alkyl halides is 6. The van der Waals surface area contributed by atoms with Crippen LogP contribution in [0.4, 0.5) is 26.3 Å². The Labute approximate surface area is 188 Å². The standard InChI is InChI=1S/C20H19F6N5OS/c1-30(2)8-4-7-27-17(32)14-10-28-31(16(14)20(24,25)26)18-29-15(11-33-18)12-5-3-6-13(9-12)19(21,22)23/h3,5-6,9-11H,4,7-8H2,1-2H3,(H,27,32). The van der Waals surface area contributed by atoms with E-state index < -0.39 is 35.1 Å². The Morgan fingerprint density at radius 1 is 1.15 bits per heavy atom. The van der Waals surface area contributed by atoms with E-state index in [1.54, 1.807) is 0 Å². The van der Waals surface area contributed by atoms with Crippen molar-refractivity contribution >= 4 is 17.2 Å². The molecule has 0 saturated carbocycles. The summed E-state index contributed by atoms with van der Waals surface area (Å²) in [5.74, 6) is -0.929. The lowest BCUT2D eigenvalue weighted by Crippen LogP contribution is -2.29. The second-order valence-electron chi connectivity index (χ2n) is 7.32. The smallest absolute Gasteiger partial charge is 0.352 e. The minimum Gasteiger partial charge on any atom is -0.352 e. The van der Waals surface area contributed by atoms with Crippen molar-refractivity contribution in [2.45, 2.75) is 18.8 Å². The Balaban J connectivity index is 1.90. The van der Waals surface area contributed by atoms with Crippen LogP contribution in [-0.2, 0) is 12.4 Å². The van der Waals surface area contributed by atoms with Crippen molar-refractivity contribution in [2.75, 3.05) is 27.2 Å². The highest BCUT2D eigenvalue weighted by Crippen LogP contribution is 2.36. The highest BCUT2D eigenvalue weighted by Gasteiger charge is 2.41. The molecule has 178 valence electrons. The van der Waals surface area contributed by atoms with Gasteiger partial charge in [0.1, 0.15) is 0 Å². The molecule has 0 aliphatic rings. The van der Waals surface area contributed by atoms with Gasteiger partial charge in [0.05, 0.1) is 23.0 Å². The van der Waals surface area contributed by atoms with Gasteiger partial charge in [-0.05, 0) is 39.2 Å². The first-order chi connectivity index (χ1) is 15.4. The van der Waals surface area contributed by atoms with E-state index in [4.69, 9.17) is 0 Å². The lowest BCUT2D eigenvalue weighted by atomic mass is 10.1. The van der Waals surface area contributed by atoms with E-state index in [0.29, 0.717) is 17.6 Å². The summed E-state index contributed by atoms with van der Waals surface area (Å²) in [5.41, 5.74) is -2.73. The zero-order valence-corrected chi connectivity index (χ0v) is 18.3. The Bertz CT molecular complexity index is 1120. The molecule has 1 aromatic carbocycles. The number of carbonyl (C=O) groups excluding carboxylic acids is 1. The van der Waals surface area contributed by atoms with E-state index in [1.165, 1.54) is 17.5 Å². The van der Waals surface area contributed by atoms with Crippen molar-refractivity contribution in [3.8, 4) is 16.4 Å². The predicted molar refractivity (Wildman–Crippen MR) is 110 cm³/mol. The summed E-state index contributed by atoms with van der Waals surface area (Å²) in [5, 5.41) is 7.22. The Kier molecular flexibility index (Phi) is 7.12. The average Bonchev–Trinajstić information content (AvgIpc) is 3.37. The maximum absolute atomic E-state index is 13.8. The molecule has 0 aliphatic heterocycles. The highest BCUT2D eigenvalue weighted by molar-refractivity contribution is 7.12. The number of amides is 1. The second kappa shape index (κ2) is 9.51. The number of nitrogens with zero attached hydrogens (tertiary/aromatic N) is 4. The van der Waals surface area contributed by atoms with Crippen molar-refractivity contribution in [1.29, 1.82) is 0 Å². The Morgan fingerprint density at radius 2 is 1.88 bits per heavy atom. The Hall–Kier alpha value is -2.93. The van der Waals surface area contributed by atoms with Crippen LogP contribution in [0.3, 0.4) is 0 Å². The number of halogens is 6. The molecule has 0 unspecified atom stereocenters. The topological polar surface area (TPSA) is 63.1 Å². The van der Waals surface area contributed by atoms with Crippen LogP contribution in [0.1, 0.15) is 28.0 Å². The molecule has 2 heterocycles. The van der Waals surface area contributed by atoms with Crippen molar-refractivity contribution in [1.82, 2.24) is 25.0 Å². The number of aromatic nitrogens is 3. The van der Waals surface area contributed by atoms with E-state index in [0.717, 1.165) is 29.7 Å². The van der Waals surface area contributed by atoms with Gasteiger partial charge in [-0.25, -0.2) is 9.67 Å². The number of benzene rings is 1. The van der Waals surface area contributed by atoms with Gasteiger partial charge in [0, 0.05) is 17.5 Å². The normalized spacial score (nSPS) is 12.4. The van der Waals surface area contributed by atoms with Crippen LogP contribution in [0.15, 0.2) is 35.8 Å². The van der Waals surface area contributed by atoms with E-state index in [-0.39, 0.29) is 22.9 Å². The molecule has 1 N–H and O–H groups in total. The summed E-state index contributed by atoms with van der Waals surface area (Å²) in [6.45, 7) is 0.819. The fraction of sp³-hybridized carbons (Fsp3) is 0.350. The molecule has 1 amide bonds. The molecule has 0 aliphatic carbocycles. The van der Waals surface area contributed by atoms with Crippen LogP contribution in [0, 0.1) is 0 Å². The quantitative estimate of drug-likeness (QED) is 0.384. The minimum atomic E-state index is -4.92. The molecule has 0 atom stereocenters. The predicted octanol–water partition coefficient (Wildman–Crippen LogP) is 4.71. The van der Waals surface area contributed by atoms with E-state index in [9.17, 15) is 31.1 Å². The van der Waals surface area contributed by atoms with Gasteiger partial charge in [-0.1, -0.05) is 12.1 Å².